The van der Waals surface area contributed by atoms with Crippen molar-refractivity contribution in [3.63, 3.8) is 0 Å². The van der Waals surface area contributed by atoms with Crippen molar-refractivity contribution in [2.75, 3.05) is 6.54 Å². The Labute approximate surface area is 103 Å². The molecule has 16 heavy (non-hydrogen) atoms. The second-order valence-corrected chi connectivity index (χ2v) is 6.17. The lowest BCUT2D eigenvalue weighted by atomic mass is 10.1. The first kappa shape index (κ1) is 12.1. The van der Waals surface area contributed by atoms with Crippen molar-refractivity contribution >= 4 is 11.3 Å². The molecule has 0 aromatic carbocycles. The topological polar surface area (TPSA) is 12.0 Å². The van der Waals surface area contributed by atoms with Crippen molar-refractivity contribution in [2.24, 2.45) is 11.8 Å². The Morgan fingerprint density at radius 2 is 2.19 bits per heavy atom. The normalized spacial score (nSPS) is 25.7. The summed E-state index contributed by atoms with van der Waals surface area (Å²) in [4.78, 5) is 3.08. The molecule has 2 heteroatoms. The third-order valence-corrected chi connectivity index (χ3v) is 4.86. The average Bonchev–Trinajstić information content (AvgIpc) is 2.83. The summed E-state index contributed by atoms with van der Waals surface area (Å²) in [5, 5.41) is 3.73. The molecule has 0 aliphatic heterocycles. The second kappa shape index (κ2) is 5.33. The average molecular weight is 237 g/mol. The number of rotatable bonds is 6. The van der Waals surface area contributed by atoms with Crippen LogP contribution < -0.4 is 5.32 Å². The zero-order chi connectivity index (χ0) is 11.5. The standard InChI is InChI=1S/C14H23NS/c1-4-8-15-14(12-9-10(12)3)13-7-6-11(5-2)16-13/h6-7,10,12,14-15H,4-5,8-9H2,1-3H3. The van der Waals surface area contributed by atoms with Gasteiger partial charge in [-0.1, -0.05) is 20.8 Å². The van der Waals surface area contributed by atoms with E-state index < -0.39 is 0 Å². The molecule has 3 atom stereocenters. The lowest BCUT2D eigenvalue weighted by molar-refractivity contribution is 0.469. The maximum Gasteiger partial charge on any atom is 0.0446 e. The van der Waals surface area contributed by atoms with E-state index in [0.29, 0.717) is 6.04 Å². The van der Waals surface area contributed by atoms with Gasteiger partial charge >= 0.3 is 0 Å². The van der Waals surface area contributed by atoms with E-state index in [4.69, 9.17) is 0 Å². The van der Waals surface area contributed by atoms with E-state index in [-0.39, 0.29) is 0 Å². The SMILES string of the molecule is CCCNC(c1ccc(CC)s1)C1CC1C. The Balaban J connectivity index is 2.05. The van der Waals surface area contributed by atoms with Crippen molar-refractivity contribution in [2.45, 2.75) is 46.1 Å². The van der Waals surface area contributed by atoms with Crippen LogP contribution in [0.4, 0.5) is 0 Å². The maximum atomic E-state index is 3.73. The first-order chi connectivity index (χ1) is 7.76. The van der Waals surface area contributed by atoms with Crippen LogP contribution in [0, 0.1) is 11.8 Å². The van der Waals surface area contributed by atoms with Gasteiger partial charge in [0.2, 0.25) is 0 Å². The molecule has 1 aliphatic carbocycles. The molecule has 1 aromatic heterocycles. The monoisotopic (exact) mass is 237 g/mol. The van der Waals surface area contributed by atoms with E-state index in [1.165, 1.54) is 24.1 Å². The Morgan fingerprint density at radius 1 is 1.44 bits per heavy atom. The number of thiophene rings is 1. The van der Waals surface area contributed by atoms with Crippen LogP contribution in [0.3, 0.4) is 0 Å². The summed E-state index contributed by atoms with van der Waals surface area (Å²) < 4.78 is 0. The minimum atomic E-state index is 0.625. The van der Waals surface area contributed by atoms with Crippen molar-refractivity contribution < 1.29 is 0 Å². The molecule has 0 radical (unpaired) electrons. The van der Waals surface area contributed by atoms with Crippen molar-refractivity contribution in [3.8, 4) is 0 Å². The molecule has 1 heterocycles. The van der Waals surface area contributed by atoms with Crippen LogP contribution in [-0.4, -0.2) is 6.54 Å². The van der Waals surface area contributed by atoms with Crippen molar-refractivity contribution in [1.29, 1.82) is 0 Å². The summed E-state index contributed by atoms with van der Waals surface area (Å²) in [6.07, 6.45) is 3.80. The van der Waals surface area contributed by atoms with Crippen LogP contribution in [-0.2, 0) is 6.42 Å². The fourth-order valence-corrected chi connectivity index (χ4v) is 3.43. The highest BCUT2D eigenvalue weighted by atomic mass is 32.1. The van der Waals surface area contributed by atoms with E-state index in [1.54, 1.807) is 4.88 Å². The Hall–Kier alpha value is -0.340. The van der Waals surface area contributed by atoms with Gasteiger partial charge in [-0.3, -0.25) is 0 Å². The predicted octanol–water partition coefficient (Wildman–Crippen LogP) is 4.01. The fraction of sp³-hybridized carbons (Fsp3) is 0.714. The molecule has 1 nitrogen and oxygen atoms in total. The molecule has 0 spiro atoms. The van der Waals surface area contributed by atoms with Crippen molar-refractivity contribution in [3.05, 3.63) is 21.9 Å². The molecular weight excluding hydrogens is 214 g/mol. The van der Waals surface area contributed by atoms with Gasteiger partial charge in [0.1, 0.15) is 0 Å². The molecule has 90 valence electrons. The highest BCUT2D eigenvalue weighted by molar-refractivity contribution is 7.12. The van der Waals surface area contributed by atoms with Gasteiger partial charge in [0.15, 0.2) is 0 Å². The molecule has 1 aromatic rings. The van der Waals surface area contributed by atoms with Crippen LogP contribution in [0.1, 0.15) is 49.4 Å². The van der Waals surface area contributed by atoms with E-state index >= 15 is 0 Å². The minimum absolute atomic E-state index is 0.625. The predicted molar refractivity (Wildman–Crippen MR) is 72.0 cm³/mol. The maximum absolute atomic E-state index is 3.73. The van der Waals surface area contributed by atoms with Crippen LogP contribution >= 0.6 is 11.3 Å². The molecule has 3 unspecified atom stereocenters. The van der Waals surface area contributed by atoms with Gasteiger partial charge in [0.25, 0.3) is 0 Å². The van der Waals surface area contributed by atoms with Crippen molar-refractivity contribution in [1.82, 2.24) is 5.32 Å². The minimum Gasteiger partial charge on any atom is -0.309 e. The van der Waals surface area contributed by atoms with Crippen LogP contribution in [0.25, 0.3) is 0 Å². The molecule has 1 N–H and O–H groups in total. The molecular formula is C14H23NS. The first-order valence-corrected chi connectivity index (χ1v) is 7.39. The largest absolute Gasteiger partial charge is 0.309 e. The number of aryl methyl sites for hydroxylation is 1. The summed E-state index contributed by atoms with van der Waals surface area (Å²) in [5.41, 5.74) is 0. The smallest absolute Gasteiger partial charge is 0.0446 e. The fourth-order valence-electron chi connectivity index (χ4n) is 2.33. The molecule has 0 bridgehead atoms. The number of hydrogen-bond acceptors (Lipinski definition) is 2. The zero-order valence-electron chi connectivity index (χ0n) is 10.6. The number of nitrogens with one attached hydrogen (secondary N) is 1. The van der Waals surface area contributed by atoms with Crippen LogP contribution in [0.2, 0.25) is 0 Å². The highest BCUT2D eigenvalue weighted by Crippen LogP contribution is 2.48. The van der Waals surface area contributed by atoms with Gasteiger partial charge in [0, 0.05) is 15.8 Å². The lowest BCUT2D eigenvalue weighted by Gasteiger charge is -2.16. The second-order valence-electron chi connectivity index (χ2n) is 4.97. The molecule has 2 rings (SSSR count). The van der Waals surface area contributed by atoms with Gasteiger partial charge in [-0.05, 0) is 49.8 Å². The molecule has 1 aliphatic rings. The van der Waals surface area contributed by atoms with Gasteiger partial charge in [-0.15, -0.1) is 11.3 Å². The first-order valence-electron chi connectivity index (χ1n) is 6.58. The summed E-state index contributed by atoms with van der Waals surface area (Å²) in [6.45, 7) is 8.00. The highest BCUT2D eigenvalue weighted by Gasteiger charge is 2.40. The van der Waals surface area contributed by atoms with E-state index in [0.717, 1.165) is 18.4 Å². The zero-order valence-corrected chi connectivity index (χ0v) is 11.4. The van der Waals surface area contributed by atoms with Gasteiger partial charge < -0.3 is 5.32 Å². The Bertz CT molecular complexity index is 331. The molecule has 1 saturated carbocycles. The summed E-state index contributed by atoms with van der Waals surface area (Å²) in [7, 11) is 0. The van der Waals surface area contributed by atoms with Gasteiger partial charge in [0.05, 0.1) is 0 Å². The van der Waals surface area contributed by atoms with E-state index in [1.807, 2.05) is 11.3 Å². The Kier molecular flexibility index (Phi) is 4.04. The lowest BCUT2D eigenvalue weighted by Crippen LogP contribution is -2.23. The molecule has 0 amide bonds. The molecule has 1 fully saturated rings. The quantitative estimate of drug-likeness (QED) is 0.788. The van der Waals surface area contributed by atoms with E-state index in [2.05, 4.69) is 38.2 Å². The summed E-state index contributed by atoms with van der Waals surface area (Å²) in [5.74, 6) is 1.80. The summed E-state index contributed by atoms with van der Waals surface area (Å²) >= 11 is 2.00. The van der Waals surface area contributed by atoms with E-state index in [9.17, 15) is 0 Å². The number of hydrogen-bond donors (Lipinski definition) is 1. The van der Waals surface area contributed by atoms with Crippen LogP contribution in [0.5, 0.6) is 0 Å². The van der Waals surface area contributed by atoms with Gasteiger partial charge in [-0.25, -0.2) is 0 Å². The summed E-state index contributed by atoms with van der Waals surface area (Å²) in [6, 6.07) is 5.26. The third kappa shape index (κ3) is 2.67. The molecule has 0 saturated heterocycles. The van der Waals surface area contributed by atoms with Crippen LogP contribution in [0.15, 0.2) is 12.1 Å². The van der Waals surface area contributed by atoms with Gasteiger partial charge in [-0.2, -0.15) is 0 Å². The third-order valence-electron chi connectivity index (χ3n) is 3.55. The Morgan fingerprint density at radius 3 is 2.69 bits per heavy atom.